The second-order valence-electron chi connectivity index (χ2n) is 3.97. The van der Waals surface area contributed by atoms with Crippen molar-refractivity contribution in [3.8, 4) is 0 Å². The number of carbonyl (C=O) groups excluding carboxylic acids is 1. The SMILES string of the molecule is C=C(C)C1CC(c2ccccc2)OC1=O. The Morgan fingerprint density at radius 1 is 1.40 bits per heavy atom. The van der Waals surface area contributed by atoms with Gasteiger partial charge < -0.3 is 4.74 Å². The summed E-state index contributed by atoms with van der Waals surface area (Å²) in [6.45, 7) is 5.69. The molecule has 0 bridgehead atoms. The zero-order valence-corrected chi connectivity index (χ0v) is 8.77. The molecule has 0 radical (unpaired) electrons. The minimum Gasteiger partial charge on any atom is -0.457 e. The summed E-state index contributed by atoms with van der Waals surface area (Å²) in [6, 6.07) is 9.84. The van der Waals surface area contributed by atoms with Gasteiger partial charge in [-0.25, -0.2) is 0 Å². The summed E-state index contributed by atoms with van der Waals surface area (Å²) in [7, 11) is 0. The molecule has 0 saturated carbocycles. The number of cyclic esters (lactones) is 1. The van der Waals surface area contributed by atoms with Crippen LogP contribution in [-0.2, 0) is 9.53 Å². The zero-order valence-electron chi connectivity index (χ0n) is 8.77. The lowest BCUT2D eigenvalue weighted by atomic mass is 9.95. The van der Waals surface area contributed by atoms with E-state index in [1.54, 1.807) is 0 Å². The number of esters is 1. The number of hydrogen-bond donors (Lipinski definition) is 0. The van der Waals surface area contributed by atoms with Crippen LogP contribution in [0.2, 0.25) is 0 Å². The molecule has 2 atom stereocenters. The number of benzene rings is 1. The van der Waals surface area contributed by atoms with E-state index in [0.717, 1.165) is 17.6 Å². The first-order valence-electron chi connectivity index (χ1n) is 5.09. The van der Waals surface area contributed by atoms with Crippen LogP contribution in [0, 0.1) is 5.92 Å². The van der Waals surface area contributed by atoms with Crippen LogP contribution in [0.5, 0.6) is 0 Å². The maximum absolute atomic E-state index is 11.5. The minimum atomic E-state index is -0.142. The van der Waals surface area contributed by atoms with E-state index in [1.165, 1.54) is 0 Å². The van der Waals surface area contributed by atoms with Gasteiger partial charge in [0.15, 0.2) is 0 Å². The summed E-state index contributed by atoms with van der Waals surface area (Å²) in [5, 5.41) is 0. The van der Waals surface area contributed by atoms with Crippen molar-refractivity contribution in [3.05, 3.63) is 48.0 Å². The average Bonchev–Trinajstić information content (AvgIpc) is 2.62. The summed E-state index contributed by atoms with van der Waals surface area (Å²) in [5.41, 5.74) is 1.95. The van der Waals surface area contributed by atoms with Gasteiger partial charge >= 0.3 is 5.97 Å². The van der Waals surface area contributed by atoms with Crippen LogP contribution < -0.4 is 0 Å². The molecular weight excluding hydrogens is 188 g/mol. The Hall–Kier alpha value is -1.57. The van der Waals surface area contributed by atoms with Gasteiger partial charge in [0.25, 0.3) is 0 Å². The van der Waals surface area contributed by atoms with Gasteiger partial charge in [0.1, 0.15) is 6.10 Å². The van der Waals surface area contributed by atoms with E-state index in [-0.39, 0.29) is 18.0 Å². The maximum Gasteiger partial charge on any atom is 0.313 e. The van der Waals surface area contributed by atoms with Gasteiger partial charge in [-0.3, -0.25) is 4.79 Å². The van der Waals surface area contributed by atoms with Gasteiger partial charge in [-0.15, -0.1) is 0 Å². The molecule has 2 nitrogen and oxygen atoms in total. The van der Waals surface area contributed by atoms with Crippen molar-refractivity contribution >= 4 is 5.97 Å². The van der Waals surface area contributed by atoms with Gasteiger partial charge in [-0.05, 0) is 12.5 Å². The van der Waals surface area contributed by atoms with E-state index in [9.17, 15) is 4.79 Å². The van der Waals surface area contributed by atoms with Crippen LogP contribution in [0.15, 0.2) is 42.5 Å². The number of carbonyl (C=O) groups is 1. The number of rotatable bonds is 2. The van der Waals surface area contributed by atoms with Gasteiger partial charge in [-0.1, -0.05) is 42.5 Å². The predicted octanol–water partition coefficient (Wildman–Crippen LogP) is 2.87. The number of ether oxygens (including phenoxy) is 1. The maximum atomic E-state index is 11.5. The average molecular weight is 202 g/mol. The molecule has 0 N–H and O–H groups in total. The molecule has 2 rings (SSSR count). The van der Waals surface area contributed by atoms with Crippen LogP contribution in [-0.4, -0.2) is 5.97 Å². The second kappa shape index (κ2) is 3.89. The third kappa shape index (κ3) is 1.94. The summed E-state index contributed by atoms with van der Waals surface area (Å²) >= 11 is 0. The molecule has 0 aromatic heterocycles. The first-order chi connectivity index (χ1) is 7.18. The highest BCUT2D eigenvalue weighted by Gasteiger charge is 2.35. The van der Waals surface area contributed by atoms with Gasteiger partial charge in [-0.2, -0.15) is 0 Å². The largest absolute Gasteiger partial charge is 0.457 e. The van der Waals surface area contributed by atoms with Crippen LogP contribution in [0.25, 0.3) is 0 Å². The summed E-state index contributed by atoms with van der Waals surface area (Å²) < 4.78 is 5.32. The molecule has 2 unspecified atom stereocenters. The van der Waals surface area contributed by atoms with Crippen molar-refractivity contribution < 1.29 is 9.53 Å². The molecule has 1 saturated heterocycles. The van der Waals surface area contributed by atoms with Crippen molar-refractivity contribution in [1.82, 2.24) is 0 Å². The normalized spacial score (nSPS) is 25.0. The Labute approximate surface area is 89.6 Å². The van der Waals surface area contributed by atoms with Crippen molar-refractivity contribution in [2.45, 2.75) is 19.4 Å². The highest BCUT2D eigenvalue weighted by atomic mass is 16.6. The second-order valence-corrected chi connectivity index (χ2v) is 3.97. The third-order valence-electron chi connectivity index (χ3n) is 2.76. The molecule has 1 aliphatic rings. The molecule has 0 spiro atoms. The van der Waals surface area contributed by atoms with Gasteiger partial charge in [0.2, 0.25) is 0 Å². The molecule has 78 valence electrons. The van der Waals surface area contributed by atoms with E-state index < -0.39 is 0 Å². The monoisotopic (exact) mass is 202 g/mol. The fraction of sp³-hybridized carbons (Fsp3) is 0.308. The van der Waals surface area contributed by atoms with Crippen molar-refractivity contribution in [3.63, 3.8) is 0 Å². The van der Waals surface area contributed by atoms with E-state index in [0.29, 0.717) is 0 Å². The molecule has 0 aliphatic carbocycles. The lowest BCUT2D eigenvalue weighted by molar-refractivity contribution is -0.143. The molecule has 1 aromatic rings. The Morgan fingerprint density at radius 3 is 2.60 bits per heavy atom. The van der Waals surface area contributed by atoms with E-state index in [1.807, 2.05) is 37.3 Å². The molecule has 1 heterocycles. The van der Waals surface area contributed by atoms with E-state index in [4.69, 9.17) is 4.74 Å². The van der Waals surface area contributed by atoms with Crippen molar-refractivity contribution in [2.24, 2.45) is 5.92 Å². The third-order valence-corrected chi connectivity index (χ3v) is 2.76. The smallest absolute Gasteiger partial charge is 0.313 e. The van der Waals surface area contributed by atoms with Crippen molar-refractivity contribution in [1.29, 1.82) is 0 Å². The molecule has 1 aromatic carbocycles. The van der Waals surface area contributed by atoms with Gasteiger partial charge in [0.05, 0.1) is 5.92 Å². The fourth-order valence-corrected chi connectivity index (χ4v) is 1.85. The first kappa shape index (κ1) is 9.97. The molecule has 0 amide bonds. The van der Waals surface area contributed by atoms with Crippen LogP contribution in [0.4, 0.5) is 0 Å². The predicted molar refractivity (Wildman–Crippen MR) is 58.2 cm³/mol. The fourth-order valence-electron chi connectivity index (χ4n) is 1.85. The molecular formula is C13H14O2. The van der Waals surface area contributed by atoms with Crippen LogP contribution >= 0.6 is 0 Å². The summed E-state index contributed by atoms with van der Waals surface area (Å²) in [6.07, 6.45) is 0.624. The van der Waals surface area contributed by atoms with Crippen molar-refractivity contribution in [2.75, 3.05) is 0 Å². The van der Waals surface area contributed by atoms with Crippen LogP contribution in [0.1, 0.15) is 25.0 Å². The first-order valence-corrected chi connectivity index (χ1v) is 5.09. The quantitative estimate of drug-likeness (QED) is 0.544. The highest BCUT2D eigenvalue weighted by Crippen LogP contribution is 2.36. The highest BCUT2D eigenvalue weighted by molar-refractivity contribution is 5.77. The Kier molecular flexibility index (Phi) is 2.58. The Morgan fingerprint density at radius 2 is 2.07 bits per heavy atom. The Balaban J connectivity index is 2.16. The molecule has 2 heteroatoms. The van der Waals surface area contributed by atoms with Crippen LogP contribution in [0.3, 0.4) is 0 Å². The van der Waals surface area contributed by atoms with E-state index in [2.05, 4.69) is 6.58 Å². The minimum absolute atomic E-state index is 0.0969. The van der Waals surface area contributed by atoms with Gasteiger partial charge in [0, 0.05) is 6.42 Å². The topological polar surface area (TPSA) is 26.3 Å². The molecule has 15 heavy (non-hydrogen) atoms. The summed E-state index contributed by atoms with van der Waals surface area (Å²) in [4.78, 5) is 11.5. The standard InChI is InChI=1S/C13H14O2/c1-9(2)11-8-12(15-13(11)14)10-6-4-3-5-7-10/h3-7,11-12H,1,8H2,2H3. The number of hydrogen-bond acceptors (Lipinski definition) is 2. The molecule has 1 fully saturated rings. The van der Waals surface area contributed by atoms with E-state index >= 15 is 0 Å². The zero-order chi connectivity index (χ0) is 10.8. The lowest BCUT2D eigenvalue weighted by Gasteiger charge is -2.08. The molecule has 1 aliphatic heterocycles. The lowest BCUT2D eigenvalue weighted by Crippen LogP contribution is -2.07. The summed E-state index contributed by atoms with van der Waals surface area (Å²) in [5.74, 6) is -0.272. The Bertz CT molecular complexity index is 381.